The third-order valence-electron chi connectivity index (χ3n) is 6.51. The van der Waals surface area contributed by atoms with Gasteiger partial charge in [0.25, 0.3) is 0 Å². The fraction of sp³-hybridized carbons (Fsp3) is 0.286. The number of hydrogen-bond acceptors (Lipinski definition) is 4. The predicted molar refractivity (Wildman–Crippen MR) is 132 cm³/mol. The van der Waals surface area contributed by atoms with Crippen molar-refractivity contribution < 1.29 is 14.0 Å². The SMILES string of the molecule is Cc1ccc(C2C3=C(CC(C)(C)CC3=O)Nc3ccccc3N2C(=O)NCc2ccco2)cc1. The fourth-order valence-corrected chi connectivity index (χ4v) is 4.94. The van der Waals surface area contributed by atoms with Crippen molar-refractivity contribution in [1.29, 1.82) is 0 Å². The van der Waals surface area contributed by atoms with Crippen LogP contribution >= 0.6 is 0 Å². The minimum absolute atomic E-state index is 0.0703. The molecule has 3 aromatic rings. The Balaban J connectivity index is 1.67. The van der Waals surface area contributed by atoms with E-state index >= 15 is 0 Å². The summed E-state index contributed by atoms with van der Waals surface area (Å²) in [5.41, 5.74) is 4.95. The maximum Gasteiger partial charge on any atom is 0.323 e. The van der Waals surface area contributed by atoms with Crippen molar-refractivity contribution in [2.45, 2.75) is 46.2 Å². The molecule has 0 fully saturated rings. The molecule has 0 spiro atoms. The molecule has 34 heavy (non-hydrogen) atoms. The third kappa shape index (κ3) is 4.12. The molecule has 0 saturated carbocycles. The molecule has 174 valence electrons. The number of rotatable bonds is 3. The molecule has 1 unspecified atom stereocenters. The highest BCUT2D eigenvalue weighted by atomic mass is 16.3. The quantitative estimate of drug-likeness (QED) is 0.499. The molecule has 0 radical (unpaired) electrons. The van der Waals surface area contributed by atoms with Crippen LogP contribution in [0.5, 0.6) is 0 Å². The van der Waals surface area contributed by atoms with Gasteiger partial charge in [-0.25, -0.2) is 4.79 Å². The smallest absolute Gasteiger partial charge is 0.323 e. The van der Waals surface area contributed by atoms with Crippen LogP contribution in [0.2, 0.25) is 0 Å². The van der Waals surface area contributed by atoms with Crippen LogP contribution in [0.4, 0.5) is 16.2 Å². The van der Waals surface area contributed by atoms with Gasteiger partial charge < -0.3 is 15.1 Å². The van der Waals surface area contributed by atoms with E-state index in [-0.39, 0.29) is 23.8 Å². The van der Waals surface area contributed by atoms with Crippen LogP contribution in [-0.4, -0.2) is 11.8 Å². The van der Waals surface area contributed by atoms with Gasteiger partial charge in [0, 0.05) is 17.7 Å². The first-order chi connectivity index (χ1) is 16.3. The summed E-state index contributed by atoms with van der Waals surface area (Å²) in [6.07, 6.45) is 2.75. The highest BCUT2D eigenvalue weighted by Crippen LogP contribution is 2.48. The van der Waals surface area contributed by atoms with Crippen molar-refractivity contribution in [3.63, 3.8) is 0 Å². The highest BCUT2D eigenvalue weighted by molar-refractivity contribution is 6.06. The molecule has 2 aromatic carbocycles. The first-order valence-electron chi connectivity index (χ1n) is 11.6. The number of ketones is 1. The van der Waals surface area contributed by atoms with Gasteiger partial charge in [0.05, 0.1) is 30.2 Å². The highest BCUT2D eigenvalue weighted by Gasteiger charge is 2.43. The molecular formula is C28H29N3O3. The summed E-state index contributed by atoms with van der Waals surface area (Å²) >= 11 is 0. The molecular weight excluding hydrogens is 426 g/mol. The molecule has 5 rings (SSSR count). The van der Waals surface area contributed by atoms with Gasteiger partial charge in [-0.3, -0.25) is 9.69 Å². The Labute approximate surface area is 199 Å². The number of furan rings is 1. The number of fused-ring (bicyclic) bond motifs is 1. The maximum atomic E-state index is 13.8. The van der Waals surface area contributed by atoms with Crippen LogP contribution in [0.15, 0.2) is 82.6 Å². The number of anilines is 2. The lowest BCUT2D eigenvalue weighted by Gasteiger charge is -2.37. The van der Waals surface area contributed by atoms with Gasteiger partial charge in [-0.2, -0.15) is 0 Å². The van der Waals surface area contributed by atoms with E-state index in [1.165, 1.54) is 0 Å². The van der Waals surface area contributed by atoms with Gasteiger partial charge in [-0.05, 0) is 48.6 Å². The molecule has 6 nitrogen and oxygen atoms in total. The van der Waals surface area contributed by atoms with E-state index in [1.807, 2.05) is 61.5 Å². The number of nitrogens with one attached hydrogen (secondary N) is 2. The van der Waals surface area contributed by atoms with Gasteiger partial charge in [0.15, 0.2) is 5.78 Å². The van der Waals surface area contributed by atoms with Crippen molar-refractivity contribution in [1.82, 2.24) is 5.32 Å². The van der Waals surface area contributed by atoms with Gasteiger partial charge in [-0.1, -0.05) is 55.8 Å². The lowest BCUT2D eigenvalue weighted by molar-refractivity contribution is -0.118. The molecule has 2 heterocycles. The number of nitrogens with zero attached hydrogens (tertiary/aromatic N) is 1. The molecule has 2 N–H and O–H groups in total. The van der Waals surface area contributed by atoms with E-state index in [9.17, 15) is 9.59 Å². The van der Waals surface area contributed by atoms with Gasteiger partial charge >= 0.3 is 6.03 Å². The van der Waals surface area contributed by atoms with Crippen molar-refractivity contribution in [2.75, 3.05) is 10.2 Å². The molecule has 1 atom stereocenters. The summed E-state index contributed by atoms with van der Waals surface area (Å²) in [6.45, 7) is 6.51. The molecule has 0 saturated heterocycles. The minimum Gasteiger partial charge on any atom is -0.467 e. The Morgan fingerprint density at radius 1 is 1.09 bits per heavy atom. The number of hydrogen-bond donors (Lipinski definition) is 2. The van der Waals surface area contributed by atoms with Crippen molar-refractivity contribution in [2.24, 2.45) is 5.41 Å². The molecule has 0 bridgehead atoms. The molecule has 2 aliphatic rings. The Bertz CT molecular complexity index is 1260. The monoisotopic (exact) mass is 455 g/mol. The predicted octanol–water partition coefficient (Wildman–Crippen LogP) is 6.11. The van der Waals surface area contributed by atoms with E-state index in [4.69, 9.17) is 4.42 Å². The van der Waals surface area contributed by atoms with Crippen LogP contribution in [0.25, 0.3) is 0 Å². The Kier molecular flexibility index (Phi) is 5.52. The first kappa shape index (κ1) is 22.0. The summed E-state index contributed by atoms with van der Waals surface area (Å²) in [4.78, 5) is 29.1. The number of para-hydroxylation sites is 2. The lowest BCUT2D eigenvalue weighted by atomic mass is 9.73. The number of aryl methyl sites for hydroxylation is 1. The van der Waals surface area contributed by atoms with E-state index in [0.717, 1.165) is 34.6 Å². The number of allylic oxidation sites excluding steroid dienone is 1. The number of amides is 2. The molecule has 1 aliphatic heterocycles. The number of carbonyl (C=O) groups is 2. The van der Waals surface area contributed by atoms with E-state index < -0.39 is 6.04 Å². The first-order valence-corrected chi connectivity index (χ1v) is 11.6. The van der Waals surface area contributed by atoms with Crippen LogP contribution in [0, 0.1) is 12.3 Å². The maximum absolute atomic E-state index is 13.8. The topological polar surface area (TPSA) is 74.6 Å². The fourth-order valence-electron chi connectivity index (χ4n) is 4.94. The average Bonchev–Trinajstić information content (AvgIpc) is 3.26. The Morgan fingerprint density at radius 2 is 1.85 bits per heavy atom. The zero-order chi connectivity index (χ0) is 23.9. The molecule has 6 heteroatoms. The summed E-state index contributed by atoms with van der Waals surface area (Å²) in [6, 6.07) is 18.6. The second kappa shape index (κ2) is 8.52. The Hall–Kier alpha value is -3.80. The Morgan fingerprint density at radius 3 is 2.59 bits per heavy atom. The number of urea groups is 1. The van der Waals surface area contributed by atoms with Crippen LogP contribution < -0.4 is 15.5 Å². The van der Waals surface area contributed by atoms with E-state index in [2.05, 4.69) is 24.5 Å². The van der Waals surface area contributed by atoms with Crippen molar-refractivity contribution in [3.8, 4) is 0 Å². The molecule has 1 aromatic heterocycles. The summed E-state index contributed by atoms with van der Waals surface area (Å²) in [5, 5.41) is 6.52. The van der Waals surface area contributed by atoms with Crippen molar-refractivity contribution >= 4 is 23.2 Å². The average molecular weight is 456 g/mol. The standard InChI is InChI=1S/C28H29N3O3/c1-18-10-12-19(13-11-18)26-25-22(15-28(2,3)16-24(25)32)30-21-8-4-5-9-23(21)31(26)27(33)29-17-20-7-6-14-34-20/h4-14,26,30H,15-17H2,1-3H3,(H,29,33). The van der Waals surface area contributed by atoms with Gasteiger partial charge in [0.1, 0.15) is 5.76 Å². The molecule has 2 amide bonds. The van der Waals surface area contributed by atoms with Gasteiger partial charge in [-0.15, -0.1) is 0 Å². The summed E-state index contributed by atoms with van der Waals surface area (Å²) in [7, 11) is 0. The number of Topliss-reactive ketones (excluding diaryl/α,β-unsaturated/α-hetero) is 1. The van der Waals surface area contributed by atoms with E-state index in [0.29, 0.717) is 17.8 Å². The third-order valence-corrected chi connectivity index (χ3v) is 6.51. The number of carbonyl (C=O) groups excluding carboxylic acids is 2. The van der Waals surface area contributed by atoms with Gasteiger partial charge in [0.2, 0.25) is 0 Å². The zero-order valence-electron chi connectivity index (χ0n) is 19.7. The van der Waals surface area contributed by atoms with Crippen LogP contribution in [0.1, 0.15) is 49.6 Å². The lowest BCUT2D eigenvalue weighted by Crippen LogP contribution is -2.44. The van der Waals surface area contributed by atoms with Crippen LogP contribution in [-0.2, 0) is 11.3 Å². The van der Waals surface area contributed by atoms with Crippen LogP contribution in [0.3, 0.4) is 0 Å². The van der Waals surface area contributed by atoms with Crippen molar-refractivity contribution in [3.05, 3.63) is 95.1 Å². The summed E-state index contributed by atoms with van der Waals surface area (Å²) < 4.78 is 5.41. The summed E-state index contributed by atoms with van der Waals surface area (Å²) in [5.74, 6) is 0.734. The minimum atomic E-state index is -0.549. The second-order valence-corrected chi connectivity index (χ2v) is 9.90. The largest absolute Gasteiger partial charge is 0.467 e. The zero-order valence-corrected chi connectivity index (χ0v) is 19.7. The number of benzene rings is 2. The second-order valence-electron chi connectivity index (χ2n) is 9.90. The normalized spacial score (nSPS) is 19.1. The van der Waals surface area contributed by atoms with E-state index in [1.54, 1.807) is 17.2 Å². The molecule has 1 aliphatic carbocycles.